The third-order valence-electron chi connectivity index (χ3n) is 6.78. The van der Waals surface area contributed by atoms with Crippen molar-refractivity contribution >= 4 is 53.7 Å². The average molecular weight is 478 g/mol. The van der Waals surface area contributed by atoms with Crippen molar-refractivity contribution in [2.75, 3.05) is 0 Å². The third kappa shape index (κ3) is 3.38. The molecule has 3 aromatic carbocycles. The Morgan fingerprint density at radius 2 is 1.56 bits per heavy atom. The molecule has 0 saturated heterocycles. The summed E-state index contributed by atoms with van der Waals surface area (Å²) in [6.07, 6.45) is 0. The molecule has 0 bridgehead atoms. The normalized spacial score (nSPS) is 12.3. The lowest BCUT2D eigenvalue weighted by Gasteiger charge is -2.23. The first kappa shape index (κ1) is 21.5. The van der Waals surface area contributed by atoms with Crippen LogP contribution < -0.4 is 0 Å². The molecule has 0 aliphatic carbocycles. The van der Waals surface area contributed by atoms with Gasteiger partial charge in [-0.1, -0.05) is 63.2 Å². The van der Waals surface area contributed by atoms with Crippen LogP contribution in [0.25, 0.3) is 52.8 Å². The number of rotatable bonds is 2. The van der Waals surface area contributed by atoms with Gasteiger partial charge in [-0.2, -0.15) is 0 Å². The molecular formula is C31H27NS2. The maximum Gasteiger partial charge on any atom is 0.124 e. The molecule has 0 saturated carbocycles. The Hall–Kier alpha value is -3.01. The molecule has 168 valence electrons. The van der Waals surface area contributed by atoms with Gasteiger partial charge in [0.15, 0.2) is 0 Å². The van der Waals surface area contributed by atoms with E-state index >= 15 is 0 Å². The van der Waals surface area contributed by atoms with Gasteiger partial charge < -0.3 is 0 Å². The Labute approximate surface area is 208 Å². The minimum absolute atomic E-state index is 0.0458. The second-order valence-electron chi connectivity index (χ2n) is 10.2. The van der Waals surface area contributed by atoms with Crippen molar-refractivity contribution < 1.29 is 0 Å². The van der Waals surface area contributed by atoms with Crippen LogP contribution in [0, 0.1) is 13.8 Å². The molecule has 0 N–H and O–H groups in total. The summed E-state index contributed by atoms with van der Waals surface area (Å²) >= 11 is 3.65. The van der Waals surface area contributed by atoms with Crippen LogP contribution in [-0.2, 0) is 5.41 Å². The van der Waals surface area contributed by atoms with Gasteiger partial charge >= 0.3 is 0 Å². The van der Waals surface area contributed by atoms with Gasteiger partial charge in [0.05, 0.1) is 5.69 Å². The maximum atomic E-state index is 5.19. The first-order valence-electron chi connectivity index (χ1n) is 11.7. The van der Waals surface area contributed by atoms with E-state index in [0.717, 1.165) is 10.5 Å². The molecule has 0 atom stereocenters. The van der Waals surface area contributed by atoms with Gasteiger partial charge in [-0.3, -0.25) is 0 Å². The molecule has 0 aliphatic rings. The monoisotopic (exact) mass is 477 g/mol. The average Bonchev–Trinajstić information content (AvgIpc) is 3.37. The van der Waals surface area contributed by atoms with Gasteiger partial charge in [-0.15, -0.1) is 22.7 Å². The third-order valence-corrected chi connectivity index (χ3v) is 9.08. The summed E-state index contributed by atoms with van der Waals surface area (Å²) < 4.78 is 1.34. The quantitative estimate of drug-likeness (QED) is 0.242. The van der Waals surface area contributed by atoms with Gasteiger partial charge in [0, 0.05) is 26.1 Å². The predicted octanol–water partition coefficient (Wildman–Crippen LogP) is 9.91. The van der Waals surface area contributed by atoms with Gasteiger partial charge in [0.25, 0.3) is 0 Å². The second kappa shape index (κ2) is 7.76. The molecule has 0 unspecified atom stereocenters. The Kier molecular flexibility index (Phi) is 4.91. The number of thiophene rings is 2. The van der Waals surface area contributed by atoms with E-state index in [2.05, 4.69) is 107 Å². The molecule has 34 heavy (non-hydrogen) atoms. The van der Waals surface area contributed by atoms with E-state index in [9.17, 15) is 0 Å². The van der Waals surface area contributed by atoms with Gasteiger partial charge in [-0.05, 0) is 81.8 Å². The number of fused-ring (bicyclic) bond motifs is 3. The van der Waals surface area contributed by atoms with Gasteiger partial charge in [-0.25, -0.2) is 4.98 Å². The number of aryl methyl sites for hydroxylation is 2. The van der Waals surface area contributed by atoms with Crippen molar-refractivity contribution in [1.82, 2.24) is 4.98 Å². The number of aromatic nitrogens is 1. The lowest BCUT2D eigenvalue weighted by atomic mass is 9.82. The first-order valence-corrected chi connectivity index (χ1v) is 13.4. The Balaban J connectivity index is 1.66. The molecular weight excluding hydrogens is 450 g/mol. The van der Waals surface area contributed by atoms with Crippen LogP contribution in [0.2, 0.25) is 0 Å². The second-order valence-corrected chi connectivity index (χ2v) is 12.1. The SMILES string of the molecule is Cc1c(-c2cc(-c3cc(C(C)(C)C)c4ccccc4c3)nc3scc(C)c23)sc2ccccc12. The predicted molar refractivity (Wildman–Crippen MR) is 152 cm³/mol. The number of hydrogen-bond acceptors (Lipinski definition) is 3. The highest BCUT2D eigenvalue weighted by molar-refractivity contribution is 7.22. The highest BCUT2D eigenvalue weighted by Crippen LogP contribution is 2.44. The van der Waals surface area contributed by atoms with E-state index in [1.54, 1.807) is 11.3 Å². The van der Waals surface area contributed by atoms with Crippen LogP contribution in [0.5, 0.6) is 0 Å². The lowest BCUT2D eigenvalue weighted by molar-refractivity contribution is 0.596. The summed E-state index contributed by atoms with van der Waals surface area (Å²) in [6.45, 7) is 11.4. The van der Waals surface area contributed by atoms with Crippen molar-refractivity contribution in [3.8, 4) is 21.7 Å². The Morgan fingerprint density at radius 1 is 0.824 bits per heavy atom. The van der Waals surface area contributed by atoms with Crippen LogP contribution in [0.1, 0.15) is 37.5 Å². The summed E-state index contributed by atoms with van der Waals surface area (Å²) in [5.74, 6) is 0. The number of hydrogen-bond donors (Lipinski definition) is 0. The standard InChI is InChI=1S/C31H27NS2/c1-18-17-33-30-28(18)24(29-19(2)22-11-8-9-13-27(22)34-29)16-26(32-30)21-14-20-10-6-7-12-23(20)25(15-21)31(3,4)5/h6-17H,1-5H3. The van der Waals surface area contributed by atoms with E-state index in [1.807, 2.05) is 11.3 Å². The molecule has 0 amide bonds. The first-order chi connectivity index (χ1) is 16.3. The largest absolute Gasteiger partial charge is 0.237 e. The smallest absolute Gasteiger partial charge is 0.124 e. The van der Waals surface area contributed by atoms with Crippen LogP contribution >= 0.6 is 22.7 Å². The molecule has 3 aromatic heterocycles. The minimum Gasteiger partial charge on any atom is -0.237 e. The summed E-state index contributed by atoms with van der Waals surface area (Å²) in [7, 11) is 0. The van der Waals surface area contributed by atoms with Crippen molar-refractivity contribution in [3.05, 3.63) is 88.8 Å². The van der Waals surface area contributed by atoms with E-state index in [1.165, 1.54) is 58.9 Å². The summed E-state index contributed by atoms with van der Waals surface area (Å²) in [4.78, 5) is 7.66. The molecule has 0 fully saturated rings. The topological polar surface area (TPSA) is 12.9 Å². The molecule has 0 radical (unpaired) electrons. The highest BCUT2D eigenvalue weighted by Gasteiger charge is 2.21. The lowest BCUT2D eigenvalue weighted by Crippen LogP contribution is -2.12. The Bertz CT molecular complexity index is 1710. The number of pyridine rings is 1. The van der Waals surface area contributed by atoms with E-state index in [0.29, 0.717) is 0 Å². The van der Waals surface area contributed by atoms with E-state index < -0.39 is 0 Å². The van der Waals surface area contributed by atoms with Gasteiger partial charge in [0.2, 0.25) is 0 Å². The van der Waals surface area contributed by atoms with Crippen molar-refractivity contribution in [1.29, 1.82) is 0 Å². The number of nitrogens with zero attached hydrogens (tertiary/aromatic N) is 1. The van der Waals surface area contributed by atoms with Crippen LogP contribution in [-0.4, -0.2) is 4.98 Å². The van der Waals surface area contributed by atoms with Crippen LogP contribution in [0.15, 0.2) is 72.1 Å². The molecule has 6 aromatic rings. The maximum absolute atomic E-state index is 5.19. The zero-order valence-electron chi connectivity index (χ0n) is 20.2. The highest BCUT2D eigenvalue weighted by atomic mass is 32.1. The van der Waals surface area contributed by atoms with Crippen molar-refractivity contribution in [3.63, 3.8) is 0 Å². The van der Waals surface area contributed by atoms with Gasteiger partial charge in [0.1, 0.15) is 4.83 Å². The van der Waals surface area contributed by atoms with Crippen molar-refractivity contribution in [2.24, 2.45) is 0 Å². The molecule has 1 nitrogen and oxygen atoms in total. The fraction of sp³-hybridized carbons (Fsp3) is 0.194. The molecule has 0 aliphatic heterocycles. The fourth-order valence-electron chi connectivity index (χ4n) is 5.03. The van der Waals surface area contributed by atoms with E-state index in [-0.39, 0.29) is 5.41 Å². The zero-order chi connectivity index (χ0) is 23.6. The van der Waals surface area contributed by atoms with Crippen LogP contribution in [0.4, 0.5) is 0 Å². The Morgan fingerprint density at radius 3 is 2.32 bits per heavy atom. The van der Waals surface area contributed by atoms with Crippen LogP contribution in [0.3, 0.4) is 0 Å². The molecule has 3 heterocycles. The number of benzene rings is 3. The zero-order valence-corrected chi connectivity index (χ0v) is 21.8. The summed E-state index contributed by atoms with van der Waals surface area (Å²) in [5, 5.41) is 7.48. The van der Waals surface area contributed by atoms with Crippen molar-refractivity contribution in [2.45, 2.75) is 40.0 Å². The minimum atomic E-state index is 0.0458. The van der Waals surface area contributed by atoms with E-state index in [4.69, 9.17) is 4.98 Å². The fourth-order valence-corrected chi connectivity index (χ4v) is 7.21. The molecule has 6 rings (SSSR count). The molecule has 0 spiro atoms. The summed E-state index contributed by atoms with van der Waals surface area (Å²) in [5.41, 5.74) is 7.63. The molecule has 3 heteroatoms. The summed E-state index contributed by atoms with van der Waals surface area (Å²) in [6, 6.07) is 24.5.